The Morgan fingerprint density at radius 1 is 0.906 bits per heavy atom. The predicted molar refractivity (Wildman–Crippen MR) is 97.7 cm³/mol. The number of carbonyl (C=O) groups excluding carboxylic acids is 1. The molecule has 0 N–H and O–H groups in total. The topological polar surface area (TPSA) is 74.2 Å². The summed E-state index contributed by atoms with van der Waals surface area (Å²) in [7, 11) is 0. The fraction of sp³-hybridized carbons (Fsp3) is 0.200. The van der Waals surface area contributed by atoms with E-state index >= 15 is 0 Å². The van der Waals surface area contributed by atoms with Crippen LogP contribution in [0.1, 0.15) is 28.5 Å². The summed E-state index contributed by atoms with van der Waals surface area (Å²) < 4.78 is 88.1. The fourth-order valence-electron chi connectivity index (χ4n) is 2.51. The third kappa shape index (κ3) is 5.31. The number of hydrogen-bond acceptors (Lipinski definition) is 6. The first-order valence-electron chi connectivity index (χ1n) is 8.93. The number of hydrogen-bond donors (Lipinski definition) is 0. The van der Waals surface area contributed by atoms with Crippen LogP contribution in [-0.4, -0.2) is 27.8 Å². The summed E-state index contributed by atoms with van der Waals surface area (Å²) in [6.07, 6.45) is -9.29. The van der Waals surface area contributed by atoms with Crippen molar-refractivity contribution in [3.8, 4) is 23.0 Å². The smallest absolute Gasteiger partial charge is 0.416 e. The highest BCUT2D eigenvalue weighted by Gasteiger charge is 2.32. The van der Waals surface area contributed by atoms with Crippen molar-refractivity contribution >= 4 is 5.97 Å². The first kappa shape index (κ1) is 23.0. The van der Waals surface area contributed by atoms with Crippen LogP contribution in [0.25, 0.3) is 11.4 Å². The van der Waals surface area contributed by atoms with Crippen molar-refractivity contribution in [1.29, 1.82) is 0 Å². The molecule has 0 aliphatic rings. The molecular weight excluding hydrogens is 444 g/mol. The van der Waals surface area contributed by atoms with Crippen LogP contribution < -0.4 is 4.74 Å². The number of rotatable bonds is 5. The number of esters is 1. The molecule has 32 heavy (non-hydrogen) atoms. The van der Waals surface area contributed by atoms with Gasteiger partial charge in [-0.1, -0.05) is 18.2 Å². The number of halogens is 6. The molecule has 2 aromatic carbocycles. The zero-order valence-corrected chi connectivity index (χ0v) is 16.2. The summed E-state index contributed by atoms with van der Waals surface area (Å²) in [5.74, 6) is -2.28. The van der Waals surface area contributed by atoms with Gasteiger partial charge >= 0.3 is 18.3 Å². The molecule has 0 saturated carbocycles. The molecule has 0 spiro atoms. The first-order valence-corrected chi connectivity index (χ1v) is 8.93. The second-order valence-corrected chi connectivity index (χ2v) is 6.22. The maximum absolute atomic E-state index is 13.0. The summed E-state index contributed by atoms with van der Waals surface area (Å²) in [5, 5.41) is 7.26. The van der Waals surface area contributed by atoms with Crippen molar-refractivity contribution in [2.75, 3.05) is 6.61 Å². The zero-order valence-electron chi connectivity index (χ0n) is 16.2. The van der Waals surface area contributed by atoms with Crippen LogP contribution in [0.4, 0.5) is 26.3 Å². The van der Waals surface area contributed by atoms with Gasteiger partial charge in [0.25, 0.3) is 5.88 Å². The molecule has 0 aliphatic heterocycles. The number of carbonyl (C=O) groups is 1. The third-order valence-corrected chi connectivity index (χ3v) is 3.95. The second kappa shape index (κ2) is 8.81. The van der Waals surface area contributed by atoms with Crippen LogP contribution in [0, 0.1) is 0 Å². The van der Waals surface area contributed by atoms with Crippen LogP contribution in [0.2, 0.25) is 0 Å². The predicted octanol–water partition coefficient (Wildman–Crippen LogP) is 5.55. The van der Waals surface area contributed by atoms with E-state index in [2.05, 4.69) is 15.2 Å². The molecule has 0 aliphatic carbocycles. The minimum absolute atomic E-state index is 0.0567. The molecule has 12 heteroatoms. The summed E-state index contributed by atoms with van der Waals surface area (Å²) >= 11 is 0. The van der Waals surface area contributed by atoms with E-state index in [0.717, 1.165) is 30.3 Å². The van der Waals surface area contributed by atoms with Crippen LogP contribution in [0.15, 0.2) is 48.5 Å². The van der Waals surface area contributed by atoms with Gasteiger partial charge in [-0.05, 0) is 37.3 Å². The Bertz CT molecular complexity index is 1130. The minimum atomic E-state index is -4.66. The molecule has 0 atom stereocenters. The Kier molecular flexibility index (Phi) is 6.32. The van der Waals surface area contributed by atoms with Gasteiger partial charge in [-0.3, -0.25) is 0 Å². The summed E-state index contributed by atoms with van der Waals surface area (Å²) in [5.41, 5.74) is -2.65. The summed E-state index contributed by atoms with van der Waals surface area (Å²) in [4.78, 5) is 16.1. The monoisotopic (exact) mass is 457 g/mol. The van der Waals surface area contributed by atoms with E-state index in [1.807, 2.05) is 0 Å². The molecule has 6 nitrogen and oxygen atoms in total. The first-order chi connectivity index (χ1) is 15.0. The molecule has 3 rings (SSSR count). The largest absolute Gasteiger partial charge is 0.461 e. The van der Waals surface area contributed by atoms with E-state index in [-0.39, 0.29) is 23.7 Å². The Hall–Kier alpha value is -3.70. The van der Waals surface area contributed by atoms with Crippen LogP contribution >= 0.6 is 0 Å². The minimum Gasteiger partial charge on any atom is -0.461 e. The normalized spacial score (nSPS) is 11.8. The van der Waals surface area contributed by atoms with E-state index in [0.29, 0.717) is 6.07 Å². The molecule has 0 unspecified atom stereocenters. The Labute approximate surface area is 176 Å². The van der Waals surface area contributed by atoms with Crippen LogP contribution in [0.5, 0.6) is 11.6 Å². The fourth-order valence-corrected chi connectivity index (χ4v) is 2.51. The lowest BCUT2D eigenvalue weighted by Crippen LogP contribution is -2.13. The standard InChI is InChI=1S/C20H13F6N3O3/c1-2-31-18(30)15-17(32-14-8-4-7-13(10-14)20(24,25)26)27-16(29-28-15)11-5-3-6-12(9-11)19(21,22)23/h3-10H,2H2,1H3. The molecule has 0 radical (unpaired) electrons. The van der Waals surface area contributed by atoms with Gasteiger partial charge < -0.3 is 9.47 Å². The Morgan fingerprint density at radius 2 is 1.53 bits per heavy atom. The molecule has 1 heterocycles. The lowest BCUT2D eigenvalue weighted by molar-refractivity contribution is -0.138. The van der Waals surface area contributed by atoms with Crippen molar-refractivity contribution in [3.05, 3.63) is 65.4 Å². The van der Waals surface area contributed by atoms with E-state index in [9.17, 15) is 31.1 Å². The molecular formula is C20H13F6N3O3. The third-order valence-electron chi connectivity index (χ3n) is 3.95. The summed E-state index contributed by atoms with van der Waals surface area (Å²) in [6, 6.07) is 7.71. The highest BCUT2D eigenvalue weighted by molar-refractivity contribution is 5.89. The van der Waals surface area contributed by atoms with Crippen LogP contribution in [-0.2, 0) is 17.1 Å². The summed E-state index contributed by atoms with van der Waals surface area (Å²) in [6.45, 7) is 1.45. The van der Waals surface area contributed by atoms with Crippen molar-refractivity contribution in [3.63, 3.8) is 0 Å². The van der Waals surface area contributed by atoms with Gasteiger partial charge in [-0.2, -0.15) is 31.3 Å². The van der Waals surface area contributed by atoms with Crippen molar-refractivity contribution in [1.82, 2.24) is 15.2 Å². The number of benzene rings is 2. The van der Waals surface area contributed by atoms with Gasteiger partial charge in [0.1, 0.15) is 5.75 Å². The Morgan fingerprint density at radius 3 is 2.16 bits per heavy atom. The highest BCUT2D eigenvalue weighted by Crippen LogP contribution is 2.34. The molecule has 168 valence electrons. The second-order valence-electron chi connectivity index (χ2n) is 6.22. The maximum Gasteiger partial charge on any atom is 0.416 e. The number of aromatic nitrogens is 3. The molecule has 0 fully saturated rings. The van der Waals surface area contributed by atoms with Gasteiger partial charge in [0, 0.05) is 5.56 Å². The van der Waals surface area contributed by atoms with Crippen molar-refractivity contribution in [2.24, 2.45) is 0 Å². The molecule has 0 saturated heterocycles. The van der Waals surface area contributed by atoms with Gasteiger partial charge in [-0.25, -0.2) is 4.79 Å². The average molecular weight is 457 g/mol. The lowest BCUT2D eigenvalue weighted by atomic mass is 10.1. The Balaban J connectivity index is 2.06. The van der Waals surface area contributed by atoms with Gasteiger partial charge in [0.2, 0.25) is 5.69 Å². The van der Waals surface area contributed by atoms with Gasteiger partial charge in [0.05, 0.1) is 17.7 Å². The highest BCUT2D eigenvalue weighted by atomic mass is 19.4. The number of ether oxygens (including phenoxy) is 2. The molecule has 3 aromatic rings. The van der Waals surface area contributed by atoms with E-state index < -0.39 is 41.0 Å². The van der Waals surface area contributed by atoms with E-state index in [1.165, 1.54) is 19.1 Å². The average Bonchev–Trinajstić information content (AvgIpc) is 2.73. The molecule has 1 aromatic heterocycles. The SMILES string of the molecule is CCOC(=O)c1nnc(-c2cccc(C(F)(F)F)c2)nc1Oc1cccc(C(F)(F)F)c1. The zero-order chi connectivity index (χ0) is 23.5. The number of nitrogens with zero attached hydrogens (tertiary/aromatic N) is 3. The quantitative estimate of drug-likeness (QED) is 0.370. The molecule has 0 amide bonds. The van der Waals surface area contributed by atoms with Crippen LogP contribution in [0.3, 0.4) is 0 Å². The van der Waals surface area contributed by atoms with E-state index in [1.54, 1.807) is 0 Å². The van der Waals surface area contributed by atoms with Gasteiger partial charge in [-0.15, -0.1) is 10.2 Å². The van der Waals surface area contributed by atoms with E-state index in [4.69, 9.17) is 9.47 Å². The maximum atomic E-state index is 13.0. The van der Waals surface area contributed by atoms with Crippen molar-refractivity contribution in [2.45, 2.75) is 19.3 Å². The molecule has 0 bridgehead atoms. The van der Waals surface area contributed by atoms with Crippen molar-refractivity contribution < 1.29 is 40.6 Å². The lowest BCUT2D eigenvalue weighted by Gasteiger charge is -2.12. The van der Waals surface area contributed by atoms with Gasteiger partial charge in [0.15, 0.2) is 5.82 Å². The number of alkyl halides is 6.